The number of rotatable bonds is 10. The molecule has 144 valence electrons. The number of ether oxygens (including phenoxy) is 1. The van der Waals surface area contributed by atoms with Gasteiger partial charge < -0.3 is 20.3 Å². The van der Waals surface area contributed by atoms with E-state index >= 15 is 0 Å². The maximum atomic E-state index is 5.34. The quantitative estimate of drug-likeness (QED) is 0.231. The van der Waals surface area contributed by atoms with Crippen molar-refractivity contribution in [3.05, 3.63) is 0 Å². The van der Waals surface area contributed by atoms with Crippen LogP contribution in [-0.4, -0.2) is 63.3 Å². The number of guanidine groups is 1. The molecule has 0 aromatic carbocycles. The fourth-order valence-corrected chi connectivity index (χ4v) is 3.33. The molecule has 0 aliphatic carbocycles. The van der Waals surface area contributed by atoms with Crippen LogP contribution in [0.5, 0.6) is 0 Å². The second kappa shape index (κ2) is 15.2. The standard InChI is InChI=1S/C18H38N4O.HI/c1-5-19-18(21-10-8-12-23-6-2)20-9-7-11-22-14-16(3)13-17(4)15-22;/h16-17H,5-15H2,1-4H3,(H2,19,20,21);1H. The number of hydrogen-bond acceptors (Lipinski definition) is 3. The van der Waals surface area contributed by atoms with Crippen LogP contribution in [0.15, 0.2) is 4.99 Å². The second-order valence-corrected chi connectivity index (χ2v) is 6.80. The van der Waals surface area contributed by atoms with Crippen molar-refractivity contribution in [1.29, 1.82) is 0 Å². The molecule has 1 aliphatic rings. The van der Waals surface area contributed by atoms with Crippen LogP contribution >= 0.6 is 24.0 Å². The van der Waals surface area contributed by atoms with Crippen LogP contribution in [0.25, 0.3) is 0 Å². The molecule has 0 aromatic heterocycles. The first-order valence-electron chi connectivity index (χ1n) is 9.47. The van der Waals surface area contributed by atoms with Gasteiger partial charge in [-0.15, -0.1) is 24.0 Å². The maximum Gasteiger partial charge on any atom is 0.191 e. The number of nitrogens with zero attached hydrogens (tertiary/aromatic N) is 2. The molecule has 1 heterocycles. The predicted octanol–water partition coefficient (Wildman–Crippen LogP) is 2.95. The molecule has 5 nitrogen and oxygen atoms in total. The smallest absolute Gasteiger partial charge is 0.191 e. The van der Waals surface area contributed by atoms with Crippen molar-refractivity contribution < 1.29 is 4.74 Å². The highest BCUT2D eigenvalue weighted by atomic mass is 127. The highest BCUT2D eigenvalue weighted by Gasteiger charge is 2.20. The number of hydrogen-bond donors (Lipinski definition) is 2. The molecule has 0 amide bonds. The summed E-state index contributed by atoms with van der Waals surface area (Å²) in [5.41, 5.74) is 0. The van der Waals surface area contributed by atoms with Gasteiger partial charge in [-0.05, 0) is 51.5 Å². The lowest BCUT2D eigenvalue weighted by atomic mass is 9.92. The molecule has 2 unspecified atom stereocenters. The number of piperidine rings is 1. The highest BCUT2D eigenvalue weighted by molar-refractivity contribution is 14.0. The third kappa shape index (κ3) is 11.5. The summed E-state index contributed by atoms with van der Waals surface area (Å²) < 4.78 is 5.34. The number of halogens is 1. The minimum absolute atomic E-state index is 0. The molecule has 2 N–H and O–H groups in total. The first-order valence-corrected chi connectivity index (χ1v) is 9.47. The fourth-order valence-electron chi connectivity index (χ4n) is 3.33. The van der Waals surface area contributed by atoms with E-state index in [0.29, 0.717) is 0 Å². The summed E-state index contributed by atoms with van der Waals surface area (Å²) >= 11 is 0. The zero-order chi connectivity index (χ0) is 16.9. The Labute approximate surface area is 166 Å². The van der Waals surface area contributed by atoms with E-state index < -0.39 is 0 Å². The average Bonchev–Trinajstić information content (AvgIpc) is 2.50. The Kier molecular flexibility index (Phi) is 15.1. The predicted molar refractivity (Wildman–Crippen MR) is 115 cm³/mol. The van der Waals surface area contributed by atoms with E-state index in [9.17, 15) is 0 Å². The van der Waals surface area contributed by atoms with Gasteiger partial charge in [0, 0.05) is 45.9 Å². The Morgan fingerprint density at radius 2 is 1.83 bits per heavy atom. The third-order valence-electron chi connectivity index (χ3n) is 4.15. The number of aliphatic imine (C=N–C) groups is 1. The minimum atomic E-state index is 0. The molecule has 1 fully saturated rings. The van der Waals surface area contributed by atoms with E-state index in [1.54, 1.807) is 0 Å². The van der Waals surface area contributed by atoms with Crippen LogP contribution < -0.4 is 10.6 Å². The average molecular weight is 454 g/mol. The zero-order valence-electron chi connectivity index (χ0n) is 16.1. The lowest BCUT2D eigenvalue weighted by molar-refractivity contribution is 0.140. The van der Waals surface area contributed by atoms with Crippen molar-refractivity contribution >= 4 is 29.9 Å². The lowest BCUT2D eigenvalue weighted by Crippen LogP contribution is -2.41. The van der Waals surface area contributed by atoms with Crippen LogP contribution in [0.4, 0.5) is 0 Å². The van der Waals surface area contributed by atoms with E-state index in [2.05, 4.69) is 41.3 Å². The Morgan fingerprint density at radius 1 is 1.12 bits per heavy atom. The van der Waals surface area contributed by atoms with Crippen molar-refractivity contribution in [2.24, 2.45) is 16.8 Å². The Morgan fingerprint density at radius 3 is 2.46 bits per heavy atom. The van der Waals surface area contributed by atoms with Gasteiger partial charge in [0.2, 0.25) is 0 Å². The Bertz CT molecular complexity index is 318. The summed E-state index contributed by atoms with van der Waals surface area (Å²) in [5, 5.41) is 6.76. The molecule has 0 radical (unpaired) electrons. The van der Waals surface area contributed by atoms with Gasteiger partial charge in [-0.25, -0.2) is 0 Å². The van der Waals surface area contributed by atoms with Crippen molar-refractivity contribution in [3.8, 4) is 0 Å². The normalized spacial score (nSPS) is 22.1. The molecule has 2 atom stereocenters. The third-order valence-corrected chi connectivity index (χ3v) is 4.15. The largest absolute Gasteiger partial charge is 0.382 e. The Balaban J connectivity index is 0.00000529. The first-order chi connectivity index (χ1) is 11.2. The van der Waals surface area contributed by atoms with Gasteiger partial charge in [0.15, 0.2) is 5.96 Å². The summed E-state index contributed by atoms with van der Waals surface area (Å²) in [6, 6.07) is 0. The molecule has 6 heteroatoms. The lowest BCUT2D eigenvalue weighted by Gasteiger charge is -2.35. The van der Waals surface area contributed by atoms with Gasteiger partial charge in [-0.2, -0.15) is 0 Å². The van der Waals surface area contributed by atoms with Gasteiger partial charge in [0.25, 0.3) is 0 Å². The van der Waals surface area contributed by atoms with Crippen LogP contribution in [0.2, 0.25) is 0 Å². The molecule has 1 saturated heterocycles. The van der Waals surface area contributed by atoms with E-state index in [1.807, 2.05) is 6.92 Å². The SMILES string of the molecule is CCNC(=NCCCOCC)NCCCN1CC(C)CC(C)C1.I. The van der Waals surface area contributed by atoms with Crippen LogP contribution in [0, 0.1) is 11.8 Å². The first kappa shape index (κ1) is 23.9. The molecule has 0 saturated carbocycles. The van der Waals surface area contributed by atoms with Gasteiger partial charge >= 0.3 is 0 Å². The topological polar surface area (TPSA) is 48.9 Å². The maximum absolute atomic E-state index is 5.34. The Hall–Kier alpha value is -0.0800. The fraction of sp³-hybridized carbons (Fsp3) is 0.944. The van der Waals surface area contributed by atoms with Gasteiger partial charge in [-0.1, -0.05) is 13.8 Å². The molecule has 1 aliphatic heterocycles. The number of nitrogens with one attached hydrogen (secondary N) is 2. The van der Waals surface area contributed by atoms with Gasteiger partial charge in [0.05, 0.1) is 0 Å². The van der Waals surface area contributed by atoms with E-state index in [-0.39, 0.29) is 24.0 Å². The van der Waals surface area contributed by atoms with Crippen LogP contribution in [0.1, 0.15) is 47.0 Å². The van der Waals surface area contributed by atoms with Crippen molar-refractivity contribution in [3.63, 3.8) is 0 Å². The minimum Gasteiger partial charge on any atom is -0.382 e. The van der Waals surface area contributed by atoms with E-state index in [0.717, 1.165) is 57.1 Å². The summed E-state index contributed by atoms with van der Waals surface area (Å²) in [4.78, 5) is 7.21. The summed E-state index contributed by atoms with van der Waals surface area (Å²) in [6.07, 6.45) is 3.53. The summed E-state index contributed by atoms with van der Waals surface area (Å²) in [5.74, 6) is 2.62. The van der Waals surface area contributed by atoms with Gasteiger partial charge in [0.1, 0.15) is 0 Å². The molecule has 0 spiro atoms. The molecule has 1 rings (SSSR count). The summed E-state index contributed by atoms with van der Waals surface area (Å²) in [7, 11) is 0. The molecule has 0 aromatic rings. The van der Waals surface area contributed by atoms with Crippen LogP contribution in [0.3, 0.4) is 0 Å². The van der Waals surface area contributed by atoms with Crippen molar-refractivity contribution in [2.75, 3.05) is 52.5 Å². The second-order valence-electron chi connectivity index (χ2n) is 6.80. The highest BCUT2D eigenvalue weighted by Crippen LogP contribution is 2.20. The van der Waals surface area contributed by atoms with Crippen molar-refractivity contribution in [2.45, 2.75) is 47.0 Å². The molecular weight excluding hydrogens is 415 g/mol. The monoisotopic (exact) mass is 454 g/mol. The van der Waals surface area contributed by atoms with Crippen LogP contribution in [-0.2, 0) is 4.74 Å². The van der Waals surface area contributed by atoms with E-state index in [1.165, 1.54) is 32.5 Å². The van der Waals surface area contributed by atoms with Crippen molar-refractivity contribution in [1.82, 2.24) is 15.5 Å². The summed E-state index contributed by atoms with van der Waals surface area (Å²) in [6.45, 7) is 16.9. The molecule has 24 heavy (non-hydrogen) atoms. The molecular formula is C18H39IN4O. The molecule has 0 bridgehead atoms. The van der Waals surface area contributed by atoms with E-state index in [4.69, 9.17) is 4.74 Å². The zero-order valence-corrected chi connectivity index (χ0v) is 18.5. The van der Waals surface area contributed by atoms with Gasteiger partial charge in [-0.3, -0.25) is 4.99 Å². The number of likely N-dealkylation sites (tertiary alicyclic amines) is 1.